The molecule has 2 aliphatic rings. The summed E-state index contributed by atoms with van der Waals surface area (Å²) in [6.07, 6.45) is 16.8. The van der Waals surface area contributed by atoms with Crippen molar-refractivity contribution < 1.29 is 0 Å². The highest BCUT2D eigenvalue weighted by molar-refractivity contribution is 5.49. The molecule has 0 radical (unpaired) electrons. The monoisotopic (exact) mass is 418 g/mol. The number of hydrogen-bond acceptors (Lipinski definition) is 2. The summed E-state index contributed by atoms with van der Waals surface area (Å²) in [4.78, 5) is 0. The lowest BCUT2D eigenvalue weighted by Crippen LogP contribution is -2.34. The fraction of sp³-hybridized carbons (Fsp3) is 0.586. The maximum absolute atomic E-state index is 6.00. The molecule has 0 spiro atoms. The van der Waals surface area contributed by atoms with Crippen LogP contribution in [0.25, 0.3) is 0 Å². The van der Waals surface area contributed by atoms with Crippen LogP contribution < -0.4 is 11.5 Å². The summed E-state index contributed by atoms with van der Waals surface area (Å²) in [5, 5.41) is 0. The van der Waals surface area contributed by atoms with Gasteiger partial charge in [-0.3, -0.25) is 0 Å². The van der Waals surface area contributed by atoms with Gasteiger partial charge in [-0.1, -0.05) is 76.1 Å². The fourth-order valence-corrected chi connectivity index (χ4v) is 6.47. The van der Waals surface area contributed by atoms with Gasteiger partial charge in [0.15, 0.2) is 0 Å². The Morgan fingerprint density at radius 2 is 1.13 bits per heavy atom. The topological polar surface area (TPSA) is 52.0 Å². The van der Waals surface area contributed by atoms with E-state index in [2.05, 4.69) is 55.5 Å². The number of rotatable bonds is 7. The Balaban J connectivity index is 1.41. The van der Waals surface area contributed by atoms with E-state index in [1.807, 2.05) is 0 Å². The van der Waals surface area contributed by atoms with Crippen molar-refractivity contribution in [2.45, 2.75) is 89.4 Å². The predicted octanol–water partition coefficient (Wildman–Crippen LogP) is 7.71. The van der Waals surface area contributed by atoms with Gasteiger partial charge >= 0.3 is 0 Å². The molecular formula is C29H42N2. The van der Waals surface area contributed by atoms with Crippen LogP contribution in [0, 0.1) is 17.8 Å². The molecule has 2 aromatic carbocycles. The molecule has 2 aromatic rings. The van der Waals surface area contributed by atoms with Crippen molar-refractivity contribution in [1.82, 2.24) is 0 Å². The molecule has 0 heterocycles. The van der Waals surface area contributed by atoms with Crippen LogP contribution in [0.15, 0.2) is 48.5 Å². The summed E-state index contributed by atoms with van der Waals surface area (Å²) in [6.45, 7) is 2.32. The molecule has 2 aliphatic carbocycles. The number of nitrogen functional groups attached to an aromatic ring is 2. The summed E-state index contributed by atoms with van der Waals surface area (Å²) < 4.78 is 0. The second kappa shape index (κ2) is 10.1. The molecule has 31 heavy (non-hydrogen) atoms. The van der Waals surface area contributed by atoms with E-state index in [0.717, 1.165) is 29.1 Å². The number of unbranched alkanes of at least 4 members (excludes halogenated alkanes) is 1. The summed E-state index contributed by atoms with van der Waals surface area (Å²) >= 11 is 0. The molecule has 2 saturated carbocycles. The van der Waals surface area contributed by atoms with E-state index in [0.29, 0.717) is 0 Å². The number of hydrogen-bond donors (Lipinski definition) is 2. The van der Waals surface area contributed by atoms with E-state index in [9.17, 15) is 0 Å². The Kier molecular flexibility index (Phi) is 7.25. The third kappa shape index (κ3) is 5.27. The largest absolute Gasteiger partial charge is 0.399 e. The molecule has 0 amide bonds. The third-order valence-corrected chi connectivity index (χ3v) is 8.48. The first kappa shape index (κ1) is 22.2. The Hall–Kier alpha value is -1.96. The minimum atomic E-state index is 0.107. The Labute approximate surface area is 189 Å². The minimum Gasteiger partial charge on any atom is -0.399 e. The Bertz CT molecular complexity index is 744. The van der Waals surface area contributed by atoms with Crippen LogP contribution in [0.5, 0.6) is 0 Å². The molecule has 0 aliphatic heterocycles. The van der Waals surface area contributed by atoms with E-state index in [4.69, 9.17) is 11.5 Å². The first-order valence-electron chi connectivity index (χ1n) is 12.8. The molecule has 2 nitrogen and oxygen atoms in total. The van der Waals surface area contributed by atoms with Gasteiger partial charge in [0, 0.05) is 16.8 Å². The number of benzene rings is 2. The second-order valence-corrected chi connectivity index (χ2v) is 10.5. The third-order valence-electron chi connectivity index (χ3n) is 8.48. The molecule has 0 unspecified atom stereocenters. The van der Waals surface area contributed by atoms with Crippen molar-refractivity contribution in [2.24, 2.45) is 17.8 Å². The van der Waals surface area contributed by atoms with E-state index in [1.165, 1.54) is 88.2 Å². The van der Waals surface area contributed by atoms with E-state index in [-0.39, 0.29) is 5.41 Å². The highest BCUT2D eigenvalue weighted by Crippen LogP contribution is 2.49. The van der Waals surface area contributed by atoms with Gasteiger partial charge in [0.25, 0.3) is 0 Å². The van der Waals surface area contributed by atoms with E-state index in [1.54, 1.807) is 0 Å². The molecule has 2 heteroatoms. The molecule has 0 bridgehead atoms. The molecule has 0 atom stereocenters. The van der Waals surface area contributed by atoms with Gasteiger partial charge in [0.1, 0.15) is 0 Å². The van der Waals surface area contributed by atoms with Crippen LogP contribution in [0.3, 0.4) is 0 Å². The van der Waals surface area contributed by atoms with Crippen LogP contribution in [0.4, 0.5) is 11.4 Å². The maximum atomic E-state index is 6.00. The average molecular weight is 419 g/mol. The standard InChI is InChI=1S/C29H42N2/c1-2-3-4-22-5-7-23(8-6-22)21-24-17-19-29(20-18-24,25-9-13-27(30)14-10-25)26-11-15-28(31)16-12-26/h9-16,22-24H,2-8,17-21,30-31H2,1H3. The molecule has 4 N–H and O–H groups in total. The van der Waals surface area contributed by atoms with Crippen molar-refractivity contribution in [1.29, 1.82) is 0 Å². The molecule has 0 saturated heterocycles. The number of nitrogens with two attached hydrogens (primary N) is 2. The Morgan fingerprint density at radius 3 is 1.61 bits per heavy atom. The molecule has 168 valence electrons. The van der Waals surface area contributed by atoms with Gasteiger partial charge in [-0.05, 0) is 85.3 Å². The zero-order valence-corrected chi connectivity index (χ0v) is 19.5. The van der Waals surface area contributed by atoms with Crippen molar-refractivity contribution in [3.63, 3.8) is 0 Å². The summed E-state index contributed by atoms with van der Waals surface area (Å²) in [7, 11) is 0. The minimum absolute atomic E-state index is 0.107. The summed E-state index contributed by atoms with van der Waals surface area (Å²) in [6, 6.07) is 17.3. The quantitative estimate of drug-likeness (QED) is 0.452. The zero-order valence-electron chi connectivity index (χ0n) is 19.5. The van der Waals surface area contributed by atoms with Crippen molar-refractivity contribution >= 4 is 11.4 Å². The highest BCUT2D eigenvalue weighted by atomic mass is 14.5. The van der Waals surface area contributed by atoms with Crippen LogP contribution in [-0.4, -0.2) is 0 Å². The fourth-order valence-electron chi connectivity index (χ4n) is 6.47. The van der Waals surface area contributed by atoms with Crippen molar-refractivity contribution in [2.75, 3.05) is 11.5 Å². The predicted molar refractivity (Wildman–Crippen MR) is 134 cm³/mol. The Morgan fingerprint density at radius 1 is 0.677 bits per heavy atom. The van der Waals surface area contributed by atoms with Crippen LogP contribution in [0.2, 0.25) is 0 Å². The molecule has 4 rings (SSSR count). The normalized spacial score (nSPS) is 24.2. The second-order valence-electron chi connectivity index (χ2n) is 10.5. The van der Waals surface area contributed by atoms with Gasteiger partial charge in [-0.15, -0.1) is 0 Å². The molecular weight excluding hydrogens is 376 g/mol. The van der Waals surface area contributed by atoms with Gasteiger partial charge in [0.2, 0.25) is 0 Å². The SMILES string of the molecule is CCCCC1CCC(CC2CCC(c3ccc(N)cc3)(c3ccc(N)cc3)CC2)CC1. The lowest BCUT2D eigenvalue weighted by Gasteiger charge is -2.42. The van der Waals surface area contributed by atoms with Gasteiger partial charge in [-0.25, -0.2) is 0 Å². The lowest BCUT2D eigenvalue weighted by molar-refractivity contribution is 0.184. The first-order valence-corrected chi connectivity index (χ1v) is 12.8. The van der Waals surface area contributed by atoms with Crippen molar-refractivity contribution in [3.8, 4) is 0 Å². The van der Waals surface area contributed by atoms with Crippen LogP contribution in [-0.2, 0) is 5.41 Å². The average Bonchev–Trinajstić information content (AvgIpc) is 2.80. The maximum Gasteiger partial charge on any atom is 0.0314 e. The van der Waals surface area contributed by atoms with Crippen molar-refractivity contribution in [3.05, 3.63) is 59.7 Å². The zero-order chi connectivity index (χ0) is 21.7. The summed E-state index contributed by atoms with van der Waals surface area (Å²) in [5.41, 5.74) is 16.6. The lowest BCUT2D eigenvalue weighted by atomic mass is 9.61. The van der Waals surface area contributed by atoms with E-state index < -0.39 is 0 Å². The van der Waals surface area contributed by atoms with E-state index >= 15 is 0 Å². The van der Waals surface area contributed by atoms with Gasteiger partial charge in [-0.2, -0.15) is 0 Å². The van der Waals surface area contributed by atoms with Gasteiger partial charge < -0.3 is 11.5 Å². The number of anilines is 2. The first-order chi connectivity index (χ1) is 15.1. The summed E-state index contributed by atoms with van der Waals surface area (Å²) in [5.74, 6) is 2.89. The molecule has 2 fully saturated rings. The van der Waals surface area contributed by atoms with Crippen LogP contribution in [0.1, 0.15) is 95.1 Å². The highest BCUT2D eigenvalue weighted by Gasteiger charge is 2.39. The van der Waals surface area contributed by atoms with Crippen LogP contribution >= 0.6 is 0 Å². The molecule has 0 aromatic heterocycles. The van der Waals surface area contributed by atoms with Gasteiger partial charge in [0.05, 0.1) is 0 Å². The smallest absolute Gasteiger partial charge is 0.0314 e.